The third-order valence-electron chi connectivity index (χ3n) is 6.67. The molecule has 0 saturated heterocycles. The summed E-state index contributed by atoms with van der Waals surface area (Å²) in [6.07, 6.45) is 8.93. The number of pyridine rings is 1. The highest BCUT2D eigenvalue weighted by Gasteiger charge is 2.48. The molecular formula is C25H21N3O2. The fourth-order valence-corrected chi connectivity index (χ4v) is 5.02. The Labute approximate surface area is 174 Å². The van der Waals surface area contributed by atoms with Crippen molar-refractivity contribution in [2.75, 3.05) is 0 Å². The van der Waals surface area contributed by atoms with Gasteiger partial charge in [-0.25, -0.2) is 9.78 Å². The maximum absolute atomic E-state index is 12.3. The third kappa shape index (κ3) is 2.65. The van der Waals surface area contributed by atoms with Crippen LogP contribution in [0.4, 0.5) is 0 Å². The van der Waals surface area contributed by atoms with E-state index in [2.05, 4.69) is 57.4 Å². The van der Waals surface area contributed by atoms with Gasteiger partial charge in [-0.05, 0) is 48.6 Å². The summed E-state index contributed by atoms with van der Waals surface area (Å²) in [6.45, 7) is 0. The van der Waals surface area contributed by atoms with E-state index in [4.69, 9.17) is 4.74 Å². The lowest BCUT2D eigenvalue weighted by Crippen LogP contribution is -2.31. The highest BCUT2D eigenvalue weighted by Crippen LogP contribution is 2.49. The van der Waals surface area contributed by atoms with E-state index in [-0.39, 0.29) is 5.97 Å². The maximum atomic E-state index is 12.3. The molecule has 0 atom stereocenters. The molecule has 0 bridgehead atoms. The number of hydrogen-bond acceptors (Lipinski definition) is 4. The van der Waals surface area contributed by atoms with Crippen molar-refractivity contribution >= 4 is 16.7 Å². The highest BCUT2D eigenvalue weighted by atomic mass is 16.6. The number of hydrogen-bond donors (Lipinski definition) is 1. The molecule has 0 amide bonds. The minimum Gasteiger partial charge on any atom is -0.450 e. The molecule has 30 heavy (non-hydrogen) atoms. The van der Waals surface area contributed by atoms with Gasteiger partial charge in [0, 0.05) is 41.3 Å². The van der Waals surface area contributed by atoms with Crippen LogP contribution in [0.15, 0.2) is 67.1 Å². The average molecular weight is 395 g/mol. The standard InChI is InChI=1S/C25H21N3O2/c29-24-20-9-12-26-14-21(20)25(30-24)10-7-17(8-11-25)22-15-27-23(28-22)19-6-5-16-3-1-2-4-18(16)13-19/h1-6,9,12-15,17H,7-8,10-11H2,(H,27,28). The molecule has 0 unspecified atom stereocenters. The van der Waals surface area contributed by atoms with Gasteiger partial charge in [-0.2, -0.15) is 0 Å². The average Bonchev–Trinajstić information content (AvgIpc) is 3.39. The van der Waals surface area contributed by atoms with Gasteiger partial charge in [-0.1, -0.05) is 36.4 Å². The van der Waals surface area contributed by atoms with E-state index in [9.17, 15) is 4.79 Å². The van der Waals surface area contributed by atoms with E-state index >= 15 is 0 Å². The number of fused-ring (bicyclic) bond motifs is 3. The fourth-order valence-electron chi connectivity index (χ4n) is 5.02. The van der Waals surface area contributed by atoms with E-state index in [0.717, 1.165) is 48.3 Å². The zero-order chi connectivity index (χ0) is 20.1. The van der Waals surface area contributed by atoms with Crippen molar-refractivity contribution in [2.45, 2.75) is 37.2 Å². The first-order valence-electron chi connectivity index (χ1n) is 10.4. The first-order valence-corrected chi connectivity index (χ1v) is 10.4. The van der Waals surface area contributed by atoms with Crippen molar-refractivity contribution in [3.05, 3.63) is 83.9 Å². The minimum absolute atomic E-state index is 0.217. The minimum atomic E-state index is -0.502. The van der Waals surface area contributed by atoms with Crippen LogP contribution in [0, 0.1) is 0 Å². The number of imidazole rings is 1. The van der Waals surface area contributed by atoms with Gasteiger partial charge in [0.05, 0.1) is 5.56 Å². The van der Waals surface area contributed by atoms with Crippen LogP contribution in [0.25, 0.3) is 22.2 Å². The van der Waals surface area contributed by atoms with Gasteiger partial charge in [-0.3, -0.25) is 4.98 Å². The van der Waals surface area contributed by atoms with Crippen LogP contribution < -0.4 is 0 Å². The number of carbonyl (C=O) groups excluding carboxylic acids is 1. The molecule has 2 aromatic heterocycles. The van der Waals surface area contributed by atoms with Crippen LogP contribution in [0.2, 0.25) is 0 Å². The zero-order valence-electron chi connectivity index (χ0n) is 16.5. The molecule has 1 aliphatic heterocycles. The molecule has 1 spiro atoms. The van der Waals surface area contributed by atoms with Crippen LogP contribution >= 0.6 is 0 Å². The molecule has 5 heteroatoms. The van der Waals surface area contributed by atoms with Crippen molar-refractivity contribution in [2.24, 2.45) is 0 Å². The Balaban J connectivity index is 1.23. The number of carbonyl (C=O) groups is 1. The molecule has 3 heterocycles. The Hall–Kier alpha value is -3.47. The predicted octanol–water partition coefficient (Wildman–Crippen LogP) is 5.35. The molecule has 6 rings (SSSR count). The van der Waals surface area contributed by atoms with Gasteiger partial charge >= 0.3 is 5.97 Å². The molecule has 1 aliphatic carbocycles. The molecular weight excluding hydrogens is 374 g/mol. The van der Waals surface area contributed by atoms with Crippen LogP contribution in [0.1, 0.15) is 53.2 Å². The monoisotopic (exact) mass is 395 g/mol. The van der Waals surface area contributed by atoms with Crippen molar-refractivity contribution < 1.29 is 9.53 Å². The Kier molecular flexibility index (Phi) is 3.78. The molecule has 2 aliphatic rings. The zero-order valence-corrected chi connectivity index (χ0v) is 16.5. The van der Waals surface area contributed by atoms with Crippen LogP contribution in [-0.2, 0) is 10.3 Å². The van der Waals surface area contributed by atoms with Crippen LogP contribution in [0.5, 0.6) is 0 Å². The number of benzene rings is 2. The van der Waals surface area contributed by atoms with Gasteiger partial charge in [-0.15, -0.1) is 0 Å². The van der Waals surface area contributed by atoms with Gasteiger partial charge in [0.2, 0.25) is 0 Å². The number of ether oxygens (including phenoxy) is 1. The summed E-state index contributed by atoms with van der Waals surface area (Å²) >= 11 is 0. The predicted molar refractivity (Wildman–Crippen MR) is 114 cm³/mol. The lowest BCUT2D eigenvalue weighted by Gasteiger charge is -2.36. The second kappa shape index (κ2) is 6.52. The summed E-state index contributed by atoms with van der Waals surface area (Å²) < 4.78 is 5.86. The number of nitrogens with zero attached hydrogens (tertiary/aromatic N) is 2. The molecule has 1 saturated carbocycles. The smallest absolute Gasteiger partial charge is 0.339 e. The number of aromatic nitrogens is 3. The maximum Gasteiger partial charge on any atom is 0.339 e. The van der Waals surface area contributed by atoms with E-state index in [1.807, 2.05) is 6.20 Å². The molecule has 4 aromatic rings. The van der Waals surface area contributed by atoms with Crippen LogP contribution in [0.3, 0.4) is 0 Å². The number of nitrogens with one attached hydrogen (secondary N) is 1. The molecule has 1 fully saturated rings. The van der Waals surface area contributed by atoms with E-state index in [1.54, 1.807) is 18.5 Å². The summed E-state index contributed by atoms with van der Waals surface area (Å²) in [5, 5.41) is 2.44. The first kappa shape index (κ1) is 17.4. The Morgan fingerprint density at radius 3 is 2.70 bits per heavy atom. The van der Waals surface area contributed by atoms with Crippen LogP contribution in [-0.4, -0.2) is 20.9 Å². The quantitative estimate of drug-likeness (QED) is 0.465. The number of aromatic amines is 1. The van der Waals surface area contributed by atoms with Gasteiger partial charge in [0.25, 0.3) is 0 Å². The summed E-state index contributed by atoms with van der Waals surface area (Å²) in [6, 6.07) is 16.5. The van der Waals surface area contributed by atoms with E-state index in [1.165, 1.54) is 10.8 Å². The van der Waals surface area contributed by atoms with Crippen molar-refractivity contribution in [3.63, 3.8) is 0 Å². The SMILES string of the molecule is O=C1OC2(CCC(c3cnc(-c4ccc5ccccc5c4)[nH]3)CC2)c2cnccc21. The van der Waals surface area contributed by atoms with Gasteiger partial charge < -0.3 is 9.72 Å². The molecule has 0 radical (unpaired) electrons. The third-order valence-corrected chi connectivity index (χ3v) is 6.67. The normalized spacial score (nSPS) is 22.9. The summed E-state index contributed by atoms with van der Waals surface area (Å²) in [5.74, 6) is 1.07. The lowest BCUT2D eigenvalue weighted by molar-refractivity contribution is -0.0311. The molecule has 1 N–H and O–H groups in total. The fraction of sp³-hybridized carbons (Fsp3) is 0.240. The lowest BCUT2D eigenvalue weighted by atomic mass is 9.74. The first-order chi connectivity index (χ1) is 14.7. The molecule has 2 aromatic carbocycles. The largest absolute Gasteiger partial charge is 0.450 e. The summed E-state index contributed by atoms with van der Waals surface area (Å²) in [5.41, 5.74) is 3.37. The Morgan fingerprint density at radius 2 is 1.83 bits per heavy atom. The topological polar surface area (TPSA) is 67.9 Å². The Morgan fingerprint density at radius 1 is 1.00 bits per heavy atom. The molecule has 148 valence electrons. The summed E-state index contributed by atoms with van der Waals surface area (Å²) in [7, 11) is 0. The summed E-state index contributed by atoms with van der Waals surface area (Å²) in [4.78, 5) is 24.7. The second-order valence-electron chi connectivity index (χ2n) is 8.33. The number of H-pyrrole nitrogens is 1. The number of rotatable bonds is 2. The van der Waals surface area contributed by atoms with E-state index in [0.29, 0.717) is 11.5 Å². The van der Waals surface area contributed by atoms with Crippen molar-refractivity contribution in [1.82, 2.24) is 15.0 Å². The van der Waals surface area contributed by atoms with Crippen molar-refractivity contribution in [3.8, 4) is 11.4 Å². The molecule has 5 nitrogen and oxygen atoms in total. The van der Waals surface area contributed by atoms with E-state index < -0.39 is 5.60 Å². The van der Waals surface area contributed by atoms with Gasteiger partial charge in [0.1, 0.15) is 11.4 Å². The second-order valence-corrected chi connectivity index (χ2v) is 8.33. The van der Waals surface area contributed by atoms with Gasteiger partial charge in [0.15, 0.2) is 0 Å². The highest BCUT2D eigenvalue weighted by molar-refractivity contribution is 5.94. The Bertz CT molecular complexity index is 1270. The van der Waals surface area contributed by atoms with Crippen molar-refractivity contribution in [1.29, 1.82) is 0 Å². The number of esters is 1.